The molecule has 0 saturated heterocycles. The monoisotopic (exact) mass is 360 g/mol. The molecule has 0 fully saturated rings. The highest BCUT2D eigenvalue weighted by atomic mass is 35.5. The Labute approximate surface area is 150 Å². The number of methoxy groups -OCH3 is 1. The molecular formula is C18H14Cl2N2O2. The summed E-state index contributed by atoms with van der Waals surface area (Å²) in [5, 5.41) is 12.8. The Bertz CT molecular complexity index is 855. The molecule has 0 radical (unpaired) electrons. The van der Waals surface area contributed by atoms with Crippen LogP contribution in [0.25, 0.3) is 6.08 Å². The molecule has 2 aromatic carbocycles. The van der Waals surface area contributed by atoms with E-state index < -0.39 is 5.91 Å². The first kappa shape index (κ1) is 17.9. The Morgan fingerprint density at radius 3 is 2.54 bits per heavy atom. The highest BCUT2D eigenvalue weighted by Crippen LogP contribution is 2.26. The summed E-state index contributed by atoms with van der Waals surface area (Å²) in [6, 6.07) is 12.0. The summed E-state index contributed by atoms with van der Waals surface area (Å²) >= 11 is 12.1. The van der Waals surface area contributed by atoms with Gasteiger partial charge in [0.1, 0.15) is 17.4 Å². The second-order valence-electron chi connectivity index (χ2n) is 4.98. The number of carbonyl (C=O) groups excluding carboxylic acids is 1. The summed E-state index contributed by atoms with van der Waals surface area (Å²) in [5.74, 6) is -0.00423. The van der Waals surface area contributed by atoms with Crippen molar-refractivity contribution in [3.63, 3.8) is 0 Å². The van der Waals surface area contributed by atoms with E-state index in [0.29, 0.717) is 27.0 Å². The van der Waals surface area contributed by atoms with Crippen LogP contribution in [-0.2, 0) is 4.79 Å². The van der Waals surface area contributed by atoms with Gasteiger partial charge in [0.25, 0.3) is 5.91 Å². The van der Waals surface area contributed by atoms with Crippen LogP contribution in [0.4, 0.5) is 5.69 Å². The Morgan fingerprint density at radius 2 is 1.96 bits per heavy atom. The normalized spacial score (nSPS) is 10.9. The van der Waals surface area contributed by atoms with Crippen LogP contribution in [0, 0.1) is 18.3 Å². The fourth-order valence-electron chi connectivity index (χ4n) is 1.96. The molecule has 0 aliphatic heterocycles. The van der Waals surface area contributed by atoms with Crippen LogP contribution in [0.3, 0.4) is 0 Å². The summed E-state index contributed by atoms with van der Waals surface area (Å²) in [5.41, 5.74) is 1.99. The van der Waals surface area contributed by atoms with E-state index in [1.54, 1.807) is 36.4 Å². The molecule has 2 rings (SSSR count). The molecule has 0 aliphatic carbocycles. The Balaban J connectivity index is 2.23. The molecule has 0 saturated carbocycles. The number of hydrogen-bond donors (Lipinski definition) is 1. The van der Waals surface area contributed by atoms with Crippen LogP contribution in [0.2, 0.25) is 10.0 Å². The molecule has 0 aromatic heterocycles. The smallest absolute Gasteiger partial charge is 0.266 e. The van der Waals surface area contributed by atoms with E-state index in [4.69, 9.17) is 27.9 Å². The number of anilines is 1. The van der Waals surface area contributed by atoms with Gasteiger partial charge in [-0.15, -0.1) is 0 Å². The number of nitrogens with zero attached hydrogens (tertiary/aromatic N) is 1. The zero-order valence-electron chi connectivity index (χ0n) is 13.1. The van der Waals surface area contributed by atoms with E-state index in [1.165, 1.54) is 13.2 Å². The molecule has 0 spiro atoms. The average Bonchev–Trinajstić information content (AvgIpc) is 2.56. The van der Waals surface area contributed by atoms with Crippen LogP contribution in [0.15, 0.2) is 42.0 Å². The van der Waals surface area contributed by atoms with Gasteiger partial charge in [0.2, 0.25) is 0 Å². The molecule has 0 atom stereocenters. The fourth-order valence-corrected chi connectivity index (χ4v) is 2.40. The quantitative estimate of drug-likeness (QED) is 0.625. The number of aryl methyl sites for hydroxylation is 1. The third-order valence-corrected chi connectivity index (χ3v) is 3.98. The van der Waals surface area contributed by atoms with Crippen molar-refractivity contribution in [3.05, 3.63) is 63.1 Å². The van der Waals surface area contributed by atoms with Gasteiger partial charge in [0.05, 0.1) is 12.1 Å². The number of halogens is 2. The van der Waals surface area contributed by atoms with Crippen LogP contribution in [0.1, 0.15) is 11.1 Å². The van der Waals surface area contributed by atoms with Gasteiger partial charge in [0, 0.05) is 10.7 Å². The van der Waals surface area contributed by atoms with E-state index in [1.807, 2.05) is 13.0 Å². The van der Waals surface area contributed by atoms with Gasteiger partial charge in [-0.2, -0.15) is 5.26 Å². The minimum Gasteiger partial charge on any atom is -0.495 e. The van der Waals surface area contributed by atoms with Crippen LogP contribution < -0.4 is 10.1 Å². The van der Waals surface area contributed by atoms with Gasteiger partial charge < -0.3 is 10.1 Å². The molecule has 0 bridgehead atoms. The van der Waals surface area contributed by atoms with Crippen molar-refractivity contribution in [1.82, 2.24) is 0 Å². The maximum Gasteiger partial charge on any atom is 0.266 e. The predicted octanol–water partition coefficient (Wildman–Crippen LogP) is 4.86. The largest absolute Gasteiger partial charge is 0.495 e. The van der Waals surface area contributed by atoms with Crippen molar-refractivity contribution in [2.75, 3.05) is 12.4 Å². The number of benzene rings is 2. The number of ether oxygens (including phenoxy) is 1. The Hall–Kier alpha value is -2.48. The molecule has 4 nitrogen and oxygen atoms in total. The second-order valence-corrected chi connectivity index (χ2v) is 5.80. The minimum absolute atomic E-state index is 0.0482. The van der Waals surface area contributed by atoms with Crippen LogP contribution >= 0.6 is 23.2 Å². The van der Waals surface area contributed by atoms with Crippen molar-refractivity contribution < 1.29 is 9.53 Å². The van der Waals surface area contributed by atoms with Gasteiger partial charge in [-0.05, 0) is 48.4 Å². The van der Waals surface area contributed by atoms with E-state index >= 15 is 0 Å². The average molecular weight is 361 g/mol. The van der Waals surface area contributed by atoms with Gasteiger partial charge >= 0.3 is 0 Å². The molecule has 1 N–H and O–H groups in total. The number of amides is 1. The topological polar surface area (TPSA) is 62.1 Å². The first-order chi connectivity index (χ1) is 11.4. The molecule has 0 heterocycles. The standard InChI is InChI=1S/C18H14Cl2N2O2/c1-11-3-5-14(9-15(11)19)22-18(23)13(10-21)7-12-4-6-17(24-2)16(20)8-12/h3-9H,1-2H3,(H,22,23)/b13-7+. The van der Waals surface area contributed by atoms with Gasteiger partial charge in [-0.3, -0.25) is 4.79 Å². The molecular weight excluding hydrogens is 347 g/mol. The van der Waals surface area contributed by atoms with Crippen LogP contribution in [-0.4, -0.2) is 13.0 Å². The number of carbonyl (C=O) groups is 1. The maximum atomic E-state index is 12.2. The van der Waals surface area contributed by atoms with E-state index in [9.17, 15) is 10.1 Å². The lowest BCUT2D eigenvalue weighted by Crippen LogP contribution is -2.13. The summed E-state index contributed by atoms with van der Waals surface area (Å²) in [6.07, 6.45) is 1.45. The van der Waals surface area contributed by atoms with Crippen molar-refractivity contribution in [2.45, 2.75) is 6.92 Å². The highest BCUT2D eigenvalue weighted by molar-refractivity contribution is 6.32. The SMILES string of the molecule is COc1ccc(/C=C(\C#N)C(=O)Nc2ccc(C)c(Cl)c2)cc1Cl. The maximum absolute atomic E-state index is 12.2. The van der Waals surface area contributed by atoms with Crippen molar-refractivity contribution in [2.24, 2.45) is 0 Å². The third-order valence-electron chi connectivity index (χ3n) is 3.28. The van der Waals surface area contributed by atoms with Crippen molar-refractivity contribution in [3.8, 4) is 11.8 Å². The van der Waals surface area contributed by atoms with Gasteiger partial charge in [0.15, 0.2) is 0 Å². The lowest BCUT2D eigenvalue weighted by atomic mass is 10.1. The molecule has 0 unspecified atom stereocenters. The van der Waals surface area contributed by atoms with E-state index in [-0.39, 0.29) is 5.57 Å². The third kappa shape index (κ3) is 4.29. The zero-order valence-corrected chi connectivity index (χ0v) is 14.6. The lowest BCUT2D eigenvalue weighted by molar-refractivity contribution is -0.112. The predicted molar refractivity (Wildman–Crippen MR) is 96.4 cm³/mol. The summed E-state index contributed by atoms with van der Waals surface area (Å²) < 4.78 is 5.07. The molecule has 122 valence electrons. The number of rotatable bonds is 4. The Morgan fingerprint density at radius 1 is 1.21 bits per heavy atom. The first-order valence-corrected chi connectivity index (χ1v) is 7.73. The summed E-state index contributed by atoms with van der Waals surface area (Å²) in [7, 11) is 1.51. The van der Waals surface area contributed by atoms with Gasteiger partial charge in [-0.25, -0.2) is 0 Å². The fraction of sp³-hybridized carbons (Fsp3) is 0.111. The van der Waals surface area contributed by atoms with Crippen molar-refractivity contribution >= 4 is 40.9 Å². The highest BCUT2D eigenvalue weighted by Gasteiger charge is 2.11. The number of nitriles is 1. The van der Waals surface area contributed by atoms with E-state index in [2.05, 4.69) is 5.32 Å². The van der Waals surface area contributed by atoms with Gasteiger partial charge in [-0.1, -0.05) is 35.3 Å². The molecule has 24 heavy (non-hydrogen) atoms. The molecule has 2 aromatic rings. The summed E-state index contributed by atoms with van der Waals surface area (Å²) in [6.45, 7) is 1.86. The zero-order chi connectivity index (χ0) is 17.7. The van der Waals surface area contributed by atoms with Crippen molar-refractivity contribution in [1.29, 1.82) is 5.26 Å². The first-order valence-electron chi connectivity index (χ1n) is 6.97. The summed E-state index contributed by atoms with van der Waals surface area (Å²) in [4.78, 5) is 12.2. The second kappa shape index (κ2) is 7.87. The number of nitrogens with one attached hydrogen (secondary N) is 1. The molecule has 6 heteroatoms. The molecule has 1 amide bonds. The molecule has 0 aliphatic rings. The minimum atomic E-state index is -0.524. The van der Waals surface area contributed by atoms with E-state index in [0.717, 1.165) is 5.56 Å². The lowest BCUT2D eigenvalue weighted by Gasteiger charge is -2.07. The number of hydrogen-bond acceptors (Lipinski definition) is 3. The Kier molecular flexibility index (Phi) is 5.86. The van der Waals surface area contributed by atoms with Crippen LogP contribution in [0.5, 0.6) is 5.75 Å².